The van der Waals surface area contributed by atoms with Crippen LogP contribution < -0.4 is 5.32 Å². The molecule has 0 saturated heterocycles. The van der Waals surface area contributed by atoms with Gasteiger partial charge in [0, 0.05) is 31.7 Å². The first-order valence-electron chi connectivity index (χ1n) is 12.8. The number of aryl methyl sites for hydroxylation is 3. The normalized spacial score (nSPS) is 14.6. The summed E-state index contributed by atoms with van der Waals surface area (Å²) in [6.45, 7) is 14.6. The smallest absolute Gasteiger partial charge is 0.306 e. The lowest BCUT2D eigenvalue weighted by molar-refractivity contribution is -0.154. The molecule has 2 aromatic rings. The average molecular weight is 497 g/mol. The molecule has 1 amide bonds. The molecule has 0 spiro atoms. The Morgan fingerprint density at radius 1 is 1.22 bits per heavy atom. The van der Waals surface area contributed by atoms with E-state index >= 15 is 0 Å². The van der Waals surface area contributed by atoms with Crippen LogP contribution in [0.5, 0.6) is 0 Å². The molecule has 0 atom stereocenters. The minimum absolute atomic E-state index is 0. The molecule has 0 saturated carbocycles. The fourth-order valence-electron chi connectivity index (χ4n) is 3.90. The molecule has 198 valence electrons. The Hall–Kier alpha value is -3.35. The summed E-state index contributed by atoms with van der Waals surface area (Å²) in [5, 5.41) is 7.79. The van der Waals surface area contributed by atoms with Gasteiger partial charge in [-0.2, -0.15) is 5.10 Å². The van der Waals surface area contributed by atoms with Crippen LogP contribution in [0.2, 0.25) is 0 Å². The first-order valence-corrected chi connectivity index (χ1v) is 12.8. The van der Waals surface area contributed by atoms with Crippen LogP contribution in [0.15, 0.2) is 48.3 Å². The minimum atomic E-state index is -0.488. The SMILES string of the molecule is CC.CC/C=C\C=C1/CN(C(=O)c2ccc(CCC(=O)OC(C)(C)C)c(C)c2)Cc2cnn(C)c2N1.[HH]. The Morgan fingerprint density at radius 3 is 2.58 bits per heavy atom. The second-order valence-corrected chi connectivity index (χ2v) is 9.68. The van der Waals surface area contributed by atoms with Crippen LogP contribution in [-0.4, -0.2) is 38.7 Å². The molecule has 36 heavy (non-hydrogen) atoms. The fraction of sp³-hybridized carbons (Fsp3) is 0.483. The number of allylic oxidation sites excluding steroid dienone is 3. The molecule has 1 aromatic carbocycles. The second-order valence-electron chi connectivity index (χ2n) is 9.68. The van der Waals surface area contributed by atoms with Gasteiger partial charge in [-0.05, 0) is 69.9 Å². The van der Waals surface area contributed by atoms with E-state index < -0.39 is 5.60 Å². The van der Waals surface area contributed by atoms with Crippen molar-refractivity contribution in [2.24, 2.45) is 7.05 Å². The molecule has 0 fully saturated rings. The van der Waals surface area contributed by atoms with Gasteiger partial charge in [-0.15, -0.1) is 0 Å². The standard InChI is InChI=1S/C27H36N4O3.C2H6.H2/c1-7-8-9-10-23-18-31(17-22-16-28-30(6)25(22)29-23)26(33)21-12-11-20(19(2)15-21)13-14-24(32)34-27(3,4)5;1-2;/h8-12,15-16,29H,7,13-14,17-18H2,1-6H3;1-2H3;1H/b9-8-,23-10+;;. The third-order valence-corrected chi connectivity index (χ3v) is 5.58. The number of amides is 1. The van der Waals surface area contributed by atoms with Crippen LogP contribution in [0.25, 0.3) is 0 Å². The Morgan fingerprint density at radius 2 is 1.94 bits per heavy atom. The third-order valence-electron chi connectivity index (χ3n) is 5.58. The van der Waals surface area contributed by atoms with Crippen LogP contribution in [0, 0.1) is 6.92 Å². The molecule has 7 nitrogen and oxygen atoms in total. The van der Waals surface area contributed by atoms with E-state index in [0.29, 0.717) is 31.5 Å². The van der Waals surface area contributed by atoms with Gasteiger partial charge in [-0.1, -0.05) is 39.0 Å². The third kappa shape index (κ3) is 8.11. The molecular formula is C29H44N4O3. The highest BCUT2D eigenvalue weighted by atomic mass is 16.6. The Labute approximate surface area is 217 Å². The molecule has 1 aromatic heterocycles. The number of carbonyl (C=O) groups excluding carboxylic acids is 2. The summed E-state index contributed by atoms with van der Waals surface area (Å²) < 4.78 is 7.20. The summed E-state index contributed by atoms with van der Waals surface area (Å²) in [4.78, 5) is 27.4. The molecule has 3 rings (SSSR count). The van der Waals surface area contributed by atoms with E-state index in [2.05, 4.69) is 23.4 Å². The fourth-order valence-corrected chi connectivity index (χ4v) is 3.90. The van der Waals surface area contributed by atoms with Gasteiger partial charge in [0.05, 0.1) is 19.3 Å². The zero-order valence-electron chi connectivity index (χ0n) is 23.1. The van der Waals surface area contributed by atoms with Gasteiger partial charge in [0.2, 0.25) is 0 Å². The van der Waals surface area contributed by atoms with Gasteiger partial charge in [-0.3, -0.25) is 14.3 Å². The van der Waals surface area contributed by atoms with Gasteiger partial charge in [0.25, 0.3) is 5.91 Å². The number of aromatic nitrogens is 2. The average Bonchev–Trinajstić information content (AvgIpc) is 3.05. The maximum absolute atomic E-state index is 13.5. The maximum Gasteiger partial charge on any atom is 0.306 e. The van der Waals surface area contributed by atoms with Crippen molar-refractivity contribution in [2.45, 2.75) is 79.9 Å². The molecule has 2 heterocycles. The Balaban J connectivity index is 0.00000223. The van der Waals surface area contributed by atoms with Crippen molar-refractivity contribution >= 4 is 17.7 Å². The summed E-state index contributed by atoms with van der Waals surface area (Å²) in [7, 11) is 1.89. The molecular weight excluding hydrogens is 452 g/mol. The summed E-state index contributed by atoms with van der Waals surface area (Å²) in [6, 6.07) is 5.71. The monoisotopic (exact) mass is 496 g/mol. The molecule has 0 unspecified atom stereocenters. The van der Waals surface area contributed by atoms with Crippen molar-refractivity contribution in [1.29, 1.82) is 0 Å². The van der Waals surface area contributed by atoms with Crippen LogP contribution in [-0.2, 0) is 29.5 Å². The molecule has 7 heteroatoms. The molecule has 1 aliphatic rings. The maximum atomic E-state index is 13.5. The number of hydrogen-bond acceptors (Lipinski definition) is 5. The second kappa shape index (κ2) is 13.1. The van der Waals surface area contributed by atoms with E-state index in [-0.39, 0.29) is 13.3 Å². The number of nitrogens with one attached hydrogen (secondary N) is 1. The molecule has 0 aliphatic carbocycles. The molecule has 1 aliphatic heterocycles. The largest absolute Gasteiger partial charge is 0.460 e. The number of ether oxygens (including phenoxy) is 1. The number of hydrogen-bond donors (Lipinski definition) is 1. The summed E-state index contributed by atoms with van der Waals surface area (Å²) >= 11 is 0. The first kappa shape index (κ1) is 28.9. The van der Waals surface area contributed by atoms with Crippen molar-refractivity contribution in [3.63, 3.8) is 0 Å². The van der Waals surface area contributed by atoms with Crippen LogP contribution in [0.3, 0.4) is 0 Å². The number of anilines is 1. The van der Waals surface area contributed by atoms with Gasteiger partial charge < -0.3 is 15.0 Å². The predicted molar refractivity (Wildman–Crippen MR) is 148 cm³/mol. The van der Waals surface area contributed by atoms with E-state index in [0.717, 1.165) is 34.6 Å². The van der Waals surface area contributed by atoms with E-state index in [4.69, 9.17) is 4.74 Å². The van der Waals surface area contributed by atoms with Crippen molar-refractivity contribution in [2.75, 3.05) is 11.9 Å². The van der Waals surface area contributed by atoms with E-state index in [1.54, 1.807) is 10.9 Å². The van der Waals surface area contributed by atoms with E-state index in [9.17, 15) is 9.59 Å². The van der Waals surface area contributed by atoms with Gasteiger partial charge in [0.15, 0.2) is 0 Å². The topological polar surface area (TPSA) is 76.5 Å². The number of rotatable bonds is 6. The predicted octanol–water partition coefficient (Wildman–Crippen LogP) is 6.19. The van der Waals surface area contributed by atoms with Crippen molar-refractivity contribution < 1.29 is 15.8 Å². The quantitative estimate of drug-likeness (QED) is 0.482. The highest BCUT2D eigenvalue weighted by Crippen LogP contribution is 2.25. The van der Waals surface area contributed by atoms with E-state index in [1.165, 1.54) is 0 Å². The lowest BCUT2D eigenvalue weighted by Crippen LogP contribution is -2.32. The van der Waals surface area contributed by atoms with Gasteiger partial charge in [0.1, 0.15) is 11.4 Å². The highest BCUT2D eigenvalue weighted by Gasteiger charge is 2.25. The lowest BCUT2D eigenvalue weighted by Gasteiger charge is -2.22. The van der Waals surface area contributed by atoms with E-state index in [1.807, 2.05) is 83.8 Å². The van der Waals surface area contributed by atoms with Gasteiger partial charge >= 0.3 is 5.97 Å². The van der Waals surface area contributed by atoms with Crippen molar-refractivity contribution in [3.8, 4) is 0 Å². The molecule has 0 radical (unpaired) electrons. The number of nitrogens with zero attached hydrogens (tertiary/aromatic N) is 3. The van der Waals surface area contributed by atoms with Gasteiger partial charge in [-0.25, -0.2) is 0 Å². The van der Waals surface area contributed by atoms with Crippen molar-refractivity contribution in [1.82, 2.24) is 14.7 Å². The summed E-state index contributed by atoms with van der Waals surface area (Å²) in [5.41, 5.74) is 4.09. The zero-order valence-corrected chi connectivity index (χ0v) is 23.1. The molecule has 0 bridgehead atoms. The number of carbonyl (C=O) groups is 2. The van der Waals surface area contributed by atoms with Crippen LogP contribution in [0.1, 0.15) is 82.9 Å². The Kier molecular flexibility index (Phi) is 10.5. The zero-order chi connectivity index (χ0) is 26.9. The first-order chi connectivity index (χ1) is 17.1. The number of benzene rings is 1. The highest BCUT2D eigenvalue weighted by molar-refractivity contribution is 5.95. The minimum Gasteiger partial charge on any atom is -0.460 e. The summed E-state index contributed by atoms with van der Waals surface area (Å²) in [6.07, 6.45) is 9.74. The number of fused-ring (bicyclic) bond motifs is 1. The Bertz CT molecular complexity index is 1110. The van der Waals surface area contributed by atoms with Crippen LogP contribution in [0.4, 0.5) is 5.82 Å². The van der Waals surface area contributed by atoms with Crippen LogP contribution >= 0.6 is 0 Å². The molecule has 1 N–H and O–H groups in total. The summed E-state index contributed by atoms with van der Waals surface area (Å²) in [5.74, 6) is 0.651. The number of esters is 1. The van der Waals surface area contributed by atoms with Crippen molar-refractivity contribution in [3.05, 3.63) is 70.6 Å². The lowest BCUT2D eigenvalue weighted by atomic mass is 10.0.